The molecule has 60 valence electrons. The number of nitrogens with one attached hydrogen (secondary N) is 1. The Balaban J connectivity index is 2.61. The van der Waals surface area contributed by atoms with Gasteiger partial charge in [0.25, 0.3) is 0 Å². The minimum absolute atomic E-state index is 0.428. The number of nitrogens with zero attached hydrogens (tertiary/aromatic N) is 1. The van der Waals surface area contributed by atoms with Crippen LogP contribution in [0.3, 0.4) is 0 Å². The summed E-state index contributed by atoms with van der Waals surface area (Å²) < 4.78 is 0. The molecule has 0 aliphatic heterocycles. The van der Waals surface area contributed by atoms with Crippen LogP contribution in [0.25, 0.3) is 0 Å². The Morgan fingerprint density at radius 3 is 2.73 bits per heavy atom. The Morgan fingerprint density at radius 1 is 1.55 bits per heavy atom. The van der Waals surface area contributed by atoms with Crippen molar-refractivity contribution in [2.75, 3.05) is 13.6 Å². The Morgan fingerprint density at radius 2 is 2.18 bits per heavy atom. The van der Waals surface area contributed by atoms with Crippen LogP contribution in [0.5, 0.6) is 0 Å². The first-order valence-corrected chi connectivity index (χ1v) is 3.57. The zero-order valence-electron chi connectivity index (χ0n) is 6.49. The number of rotatable bonds is 3. The molecule has 0 saturated carbocycles. The van der Waals surface area contributed by atoms with E-state index in [1.807, 2.05) is 19.2 Å². The van der Waals surface area contributed by atoms with Crippen LogP contribution < -0.4 is 5.32 Å². The highest BCUT2D eigenvalue weighted by molar-refractivity contribution is 5.12. The lowest BCUT2D eigenvalue weighted by atomic mass is 10.1. The Hall–Kier alpha value is -0.930. The number of likely N-dealkylation sites (N-methyl/N-ethyl adjacent to an activating group) is 1. The fourth-order valence-corrected chi connectivity index (χ4v) is 0.897. The van der Waals surface area contributed by atoms with Crippen LogP contribution in [-0.2, 0) is 0 Å². The van der Waals surface area contributed by atoms with E-state index in [1.165, 1.54) is 0 Å². The first-order chi connectivity index (χ1) is 5.34. The Kier molecular flexibility index (Phi) is 3.01. The van der Waals surface area contributed by atoms with E-state index in [4.69, 9.17) is 0 Å². The summed E-state index contributed by atoms with van der Waals surface area (Å²) in [5, 5.41) is 12.3. The third kappa shape index (κ3) is 2.29. The number of aromatic nitrogens is 1. The standard InChI is InChI=1S/C8H12N2O/c1-9-6-8(11)7-2-4-10-5-3-7/h2-5,8-9,11H,6H2,1H3/t8-/m1/s1. The molecule has 1 atom stereocenters. The first-order valence-electron chi connectivity index (χ1n) is 3.57. The minimum Gasteiger partial charge on any atom is -0.387 e. The molecule has 1 heterocycles. The summed E-state index contributed by atoms with van der Waals surface area (Å²) in [6.07, 6.45) is 2.92. The molecule has 0 aliphatic rings. The van der Waals surface area contributed by atoms with E-state index in [9.17, 15) is 5.11 Å². The van der Waals surface area contributed by atoms with Crippen molar-refractivity contribution >= 4 is 0 Å². The number of pyridine rings is 1. The molecule has 11 heavy (non-hydrogen) atoms. The minimum atomic E-state index is -0.428. The van der Waals surface area contributed by atoms with Crippen molar-refractivity contribution < 1.29 is 5.11 Å². The van der Waals surface area contributed by atoms with Gasteiger partial charge in [-0.3, -0.25) is 4.98 Å². The topological polar surface area (TPSA) is 45.1 Å². The van der Waals surface area contributed by atoms with Crippen LogP contribution in [0.1, 0.15) is 11.7 Å². The Labute approximate surface area is 66.1 Å². The van der Waals surface area contributed by atoms with Crippen LogP contribution in [0.4, 0.5) is 0 Å². The molecule has 1 aromatic heterocycles. The summed E-state index contributed by atoms with van der Waals surface area (Å²) in [6, 6.07) is 3.62. The lowest BCUT2D eigenvalue weighted by Crippen LogP contribution is -2.16. The van der Waals surface area contributed by atoms with E-state index in [1.54, 1.807) is 12.4 Å². The highest BCUT2D eigenvalue weighted by atomic mass is 16.3. The summed E-state index contributed by atoms with van der Waals surface area (Å²) in [4.78, 5) is 3.86. The quantitative estimate of drug-likeness (QED) is 0.656. The molecule has 0 fully saturated rings. The summed E-state index contributed by atoms with van der Waals surface area (Å²) in [6.45, 7) is 0.573. The van der Waals surface area contributed by atoms with Crippen LogP contribution >= 0.6 is 0 Å². The molecule has 0 amide bonds. The van der Waals surface area contributed by atoms with Gasteiger partial charge < -0.3 is 10.4 Å². The molecule has 0 aliphatic carbocycles. The fourth-order valence-electron chi connectivity index (χ4n) is 0.897. The number of aliphatic hydroxyl groups is 1. The zero-order chi connectivity index (χ0) is 8.10. The molecular weight excluding hydrogens is 140 g/mol. The normalized spacial score (nSPS) is 12.9. The molecule has 0 bridgehead atoms. The summed E-state index contributed by atoms with van der Waals surface area (Å²) in [5.41, 5.74) is 0.898. The van der Waals surface area contributed by atoms with E-state index in [0.717, 1.165) is 5.56 Å². The number of hydrogen-bond donors (Lipinski definition) is 2. The van der Waals surface area contributed by atoms with Crippen LogP contribution in [-0.4, -0.2) is 23.7 Å². The molecule has 0 unspecified atom stereocenters. The lowest BCUT2D eigenvalue weighted by molar-refractivity contribution is 0.177. The highest BCUT2D eigenvalue weighted by Crippen LogP contribution is 2.08. The monoisotopic (exact) mass is 152 g/mol. The molecule has 0 saturated heterocycles. The van der Waals surface area contributed by atoms with Crippen molar-refractivity contribution in [2.24, 2.45) is 0 Å². The Bertz CT molecular complexity index is 201. The van der Waals surface area contributed by atoms with Gasteiger partial charge >= 0.3 is 0 Å². The van der Waals surface area contributed by atoms with Gasteiger partial charge in [0, 0.05) is 18.9 Å². The van der Waals surface area contributed by atoms with Crippen molar-refractivity contribution in [1.82, 2.24) is 10.3 Å². The zero-order valence-corrected chi connectivity index (χ0v) is 6.49. The van der Waals surface area contributed by atoms with Gasteiger partial charge in [-0.05, 0) is 24.7 Å². The van der Waals surface area contributed by atoms with Crippen molar-refractivity contribution in [3.05, 3.63) is 30.1 Å². The second-order valence-corrected chi connectivity index (χ2v) is 2.35. The van der Waals surface area contributed by atoms with Gasteiger partial charge in [-0.15, -0.1) is 0 Å². The van der Waals surface area contributed by atoms with Crippen molar-refractivity contribution in [3.63, 3.8) is 0 Å². The molecule has 0 spiro atoms. The predicted octanol–water partition coefficient (Wildman–Crippen LogP) is 0.334. The van der Waals surface area contributed by atoms with Crippen molar-refractivity contribution in [1.29, 1.82) is 0 Å². The average Bonchev–Trinajstić information content (AvgIpc) is 2.07. The molecule has 0 aromatic carbocycles. The van der Waals surface area contributed by atoms with Gasteiger partial charge in [-0.2, -0.15) is 0 Å². The van der Waals surface area contributed by atoms with Gasteiger partial charge in [0.05, 0.1) is 6.10 Å². The molecule has 1 rings (SSSR count). The van der Waals surface area contributed by atoms with E-state index in [-0.39, 0.29) is 0 Å². The SMILES string of the molecule is CNC[C@@H](O)c1ccncc1. The second kappa shape index (κ2) is 4.05. The molecule has 0 radical (unpaired) electrons. The van der Waals surface area contributed by atoms with Crippen LogP contribution in [0, 0.1) is 0 Å². The second-order valence-electron chi connectivity index (χ2n) is 2.35. The van der Waals surface area contributed by atoms with E-state index < -0.39 is 6.10 Å². The average molecular weight is 152 g/mol. The molecular formula is C8H12N2O. The third-order valence-corrected chi connectivity index (χ3v) is 1.49. The molecule has 1 aromatic rings. The highest BCUT2D eigenvalue weighted by Gasteiger charge is 2.03. The van der Waals surface area contributed by atoms with Crippen molar-refractivity contribution in [2.45, 2.75) is 6.10 Å². The maximum atomic E-state index is 9.43. The number of aliphatic hydroxyl groups excluding tert-OH is 1. The molecule has 3 nitrogen and oxygen atoms in total. The van der Waals surface area contributed by atoms with E-state index in [2.05, 4.69) is 10.3 Å². The van der Waals surface area contributed by atoms with E-state index in [0.29, 0.717) is 6.54 Å². The van der Waals surface area contributed by atoms with Gasteiger partial charge in [0.1, 0.15) is 0 Å². The van der Waals surface area contributed by atoms with Gasteiger partial charge in [0.15, 0.2) is 0 Å². The van der Waals surface area contributed by atoms with Gasteiger partial charge in [-0.1, -0.05) is 0 Å². The van der Waals surface area contributed by atoms with Crippen LogP contribution in [0.2, 0.25) is 0 Å². The maximum absolute atomic E-state index is 9.43. The van der Waals surface area contributed by atoms with Crippen molar-refractivity contribution in [3.8, 4) is 0 Å². The summed E-state index contributed by atoms with van der Waals surface area (Å²) in [5.74, 6) is 0. The summed E-state index contributed by atoms with van der Waals surface area (Å²) >= 11 is 0. The van der Waals surface area contributed by atoms with Crippen LogP contribution in [0.15, 0.2) is 24.5 Å². The maximum Gasteiger partial charge on any atom is 0.0915 e. The van der Waals surface area contributed by atoms with Gasteiger partial charge in [0.2, 0.25) is 0 Å². The lowest BCUT2D eigenvalue weighted by Gasteiger charge is -2.08. The largest absolute Gasteiger partial charge is 0.387 e. The fraction of sp³-hybridized carbons (Fsp3) is 0.375. The smallest absolute Gasteiger partial charge is 0.0915 e. The predicted molar refractivity (Wildman–Crippen MR) is 43.1 cm³/mol. The first kappa shape index (κ1) is 8.17. The third-order valence-electron chi connectivity index (χ3n) is 1.49. The number of hydrogen-bond acceptors (Lipinski definition) is 3. The van der Waals surface area contributed by atoms with Gasteiger partial charge in [-0.25, -0.2) is 0 Å². The molecule has 3 heteroatoms. The summed E-state index contributed by atoms with van der Waals surface area (Å²) in [7, 11) is 1.81. The van der Waals surface area contributed by atoms with E-state index >= 15 is 0 Å². The molecule has 2 N–H and O–H groups in total.